The van der Waals surface area contributed by atoms with E-state index in [-0.39, 0.29) is 22.3 Å². The van der Waals surface area contributed by atoms with E-state index < -0.39 is 11.9 Å². The maximum Gasteiger partial charge on any atom is 0.433 e. The second kappa shape index (κ2) is 11.1. The molecule has 1 aromatic carbocycles. The fraction of sp³-hybridized carbons (Fsp3) is 0.560. The van der Waals surface area contributed by atoms with Gasteiger partial charge in [0, 0.05) is 49.4 Å². The predicted octanol–water partition coefficient (Wildman–Crippen LogP) is 5.67. The summed E-state index contributed by atoms with van der Waals surface area (Å²) in [7, 11) is 0. The predicted molar refractivity (Wildman–Crippen MR) is 140 cm³/mol. The molecule has 2 fully saturated rings. The largest absolute Gasteiger partial charge is 0.433 e. The van der Waals surface area contributed by atoms with Crippen molar-refractivity contribution < 1.29 is 17.9 Å². The Morgan fingerprint density at radius 1 is 1.17 bits per heavy atom. The number of anilines is 2. The fourth-order valence-electron chi connectivity index (χ4n) is 5.19. The van der Waals surface area contributed by atoms with Gasteiger partial charge in [-0.25, -0.2) is 4.98 Å². The number of benzene rings is 1. The van der Waals surface area contributed by atoms with E-state index in [1.54, 1.807) is 0 Å². The van der Waals surface area contributed by atoms with Crippen molar-refractivity contribution in [2.24, 2.45) is 11.8 Å². The molecule has 0 radical (unpaired) electrons. The van der Waals surface area contributed by atoms with Crippen LogP contribution in [-0.4, -0.2) is 47.9 Å². The molecule has 11 heteroatoms. The monoisotopic (exact) mass is 541 g/mol. The van der Waals surface area contributed by atoms with Crippen LogP contribution in [0, 0.1) is 11.8 Å². The highest BCUT2D eigenvalue weighted by Gasteiger charge is 2.36. The molecule has 2 aliphatic heterocycles. The number of rotatable bonds is 5. The van der Waals surface area contributed by atoms with Crippen molar-refractivity contribution in [2.75, 3.05) is 43.1 Å². The highest BCUT2D eigenvalue weighted by Crippen LogP contribution is 2.36. The molecule has 4 rings (SSSR count). The van der Waals surface area contributed by atoms with Crippen LogP contribution in [0.5, 0.6) is 0 Å². The number of hydrogen-bond acceptors (Lipinski definition) is 5. The van der Waals surface area contributed by atoms with Crippen LogP contribution in [0.3, 0.4) is 0 Å². The number of thiocarbonyl (C=S) groups is 1. The molecule has 0 spiro atoms. The molecule has 2 atom stereocenters. The Kier molecular flexibility index (Phi) is 8.26. The van der Waals surface area contributed by atoms with Crippen LogP contribution in [0.4, 0.5) is 24.9 Å². The van der Waals surface area contributed by atoms with E-state index in [9.17, 15) is 13.2 Å². The van der Waals surface area contributed by atoms with Gasteiger partial charge in [-0.15, -0.1) is 0 Å². The summed E-state index contributed by atoms with van der Waals surface area (Å²) in [6.45, 7) is 7.14. The number of piperidine rings is 1. The number of ether oxygens (including phenoxy) is 1. The highest BCUT2D eigenvalue weighted by molar-refractivity contribution is 7.80. The number of hydrogen-bond donors (Lipinski definition) is 2. The number of aromatic nitrogens is 2. The van der Waals surface area contributed by atoms with Crippen LogP contribution in [0.25, 0.3) is 0 Å². The SMILES string of the molecule is C[C@H]1C[C@H](C)CN(c2cc(C(F)(F)F)nc(NC(=S)NCC3(c4cccc(Cl)c4)CCOCC3)n2)C1. The lowest BCUT2D eigenvalue weighted by Gasteiger charge is -2.38. The van der Waals surface area contributed by atoms with Crippen LogP contribution < -0.4 is 15.5 Å². The Labute approximate surface area is 220 Å². The van der Waals surface area contributed by atoms with Crippen LogP contribution >= 0.6 is 23.8 Å². The van der Waals surface area contributed by atoms with E-state index in [4.69, 9.17) is 28.6 Å². The molecule has 1 aromatic heterocycles. The quantitative estimate of drug-likeness (QED) is 0.473. The van der Waals surface area contributed by atoms with Crippen molar-refractivity contribution in [3.05, 3.63) is 46.6 Å². The first-order chi connectivity index (χ1) is 17.0. The molecule has 196 valence electrons. The Morgan fingerprint density at radius 3 is 2.50 bits per heavy atom. The molecule has 0 unspecified atom stereocenters. The van der Waals surface area contributed by atoms with Gasteiger partial charge in [-0.1, -0.05) is 37.6 Å². The van der Waals surface area contributed by atoms with Gasteiger partial charge in [0.15, 0.2) is 10.8 Å². The van der Waals surface area contributed by atoms with Crippen molar-refractivity contribution in [3.8, 4) is 0 Å². The van der Waals surface area contributed by atoms with Crippen LogP contribution in [0.15, 0.2) is 30.3 Å². The molecule has 0 aliphatic carbocycles. The minimum atomic E-state index is -4.60. The van der Waals surface area contributed by atoms with E-state index >= 15 is 0 Å². The zero-order valence-corrected chi connectivity index (χ0v) is 21.9. The van der Waals surface area contributed by atoms with Crippen molar-refractivity contribution in [1.29, 1.82) is 0 Å². The molecular weight excluding hydrogens is 511 g/mol. The first kappa shape index (κ1) is 26.9. The van der Waals surface area contributed by atoms with Gasteiger partial charge in [0.1, 0.15) is 5.82 Å². The number of alkyl halides is 3. The number of halogens is 4. The molecule has 0 saturated carbocycles. The molecule has 36 heavy (non-hydrogen) atoms. The first-order valence-corrected chi connectivity index (χ1v) is 12.9. The lowest BCUT2D eigenvalue weighted by atomic mass is 9.74. The first-order valence-electron chi connectivity index (χ1n) is 12.1. The molecule has 6 nitrogen and oxygen atoms in total. The lowest BCUT2D eigenvalue weighted by Crippen LogP contribution is -2.45. The topological polar surface area (TPSA) is 62.3 Å². The lowest BCUT2D eigenvalue weighted by molar-refractivity contribution is -0.141. The zero-order chi connectivity index (χ0) is 25.9. The van der Waals surface area contributed by atoms with E-state index in [2.05, 4.69) is 34.4 Å². The summed E-state index contributed by atoms with van der Waals surface area (Å²) in [6, 6.07) is 8.71. The third-order valence-corrected chi connectivity index (χ3v) is 7.38. The van der Waals surface area contributed by atoms with Gasteiger partial charge in [0.05, 0.1) is 0 Å². The minimum absolute atomic E-state index is 0.161. The average Bonchev–Trinajstić information content (AvgIpc) is 2.82. The summed E-state index contributed by atoms with van der Waals surface area (Å²) in [5.41, 5.74) is -0.197. The van der Waals surface area contributed by atoms with Gasteiger partial charge < -0.3 is 20.3 Å². The maximum absolute atomic E-state index is 13.7. The average molecular weight is 542 g/mol. The summed E-state index contributed by atoms with van der Waals surface area (Å²) >= 11 is 11.7. The highest BCUT2D eigenvalue weighted by atomic mass is 35.5. The van der Waals surface area contributed by atoms with Gasteiger partial charge >= 0.3 is 6.18 Å². The smallest absolute Gasteiger partial charge is 0.381 e. The Morgan fingerprint density at radius 2 is 1.86 bits per heavy atom. The molecule has 2 aromatic rings. The fourth-order valence-corrected chi connectivity index (χ4v) is 5.54. The number of nitrogens with zero attached hydrogens (tertiary/aromatic N) is 3. The van der Waals surface area contributed by atoms with E-state index in [1.165, 1.54) is 0 Å². The summed E-state index contributed by atoms with van der Waals surface area (Å²) in [5.74, 6) is 0.798. The van der Waals surface area contributed by atoms with Crippen molar-refractivity contribution in [3.63, 3.8) is 0 Å². The standard InChI is InChI=1S/C25H31ClF3N5OS/c1-16-10-17(2)14-34(13-16)21-12-20(25(27,28)29)31-22(32-21)33-23(36)30-15-24(6-8-35-9-7-24)18-4-3-5-19(26)11-18/h3-5,11-12,16-17H,6-10,13-15H2,1-2H3,(H2,30,31,32,33,36)/t16-,17-/m0/s1. The van der Waals surface area contributed by atoms with Gasteiger partial charge in [-0.05, 0) is 61.0 Å². The minimum Gasteiger partial charge on any atom is -0.381 e. The van der Waals surface area contributed by atoms with Gasteiger partial charge in [-0.2, -0.15) is 18.2 Å². The van der Waals surface area contributed by atoms with E-state index in [0.29, 0.717) is 49.7 Å². The summed E-state index contributed by atoms with van der Waals surface area (Å²) in [4.78, 5) is 10.0. The molecule has 0 amide bonds. The summed E-state index contributed by atoms with van der Waals surface area (Å²) < 4.78 is 46.5. The molecule has 0 bridgehead atoms. The van der Waals surface area contributed by atoms with Crippen molar-refractivity contribution in [2.45, 2.75) is 44.7 Å². The normalized spacial score (nSPS) is 22.2. The van der Waals surface area contributed by atoms with Crippen LogP contribution in [-0.2, 0) is 16.3 Å². The Bertz CT molecular complexity index is 1070. The molecular formula is C25H31ClF3N5OS. The third kappa shape index (κ3) is 6.58. The van der Waals surface area contributed by atoms with Gasteiger partial charge in [0.25, 0.3) is 0 Å². The second-order valence-electron chi connectivity index (χ2n) is 9.99. The van der Waals surface area contributed by atoms with Crippen molar-refractivity contribution in [1.82, 2.24) is 15.3 Å². The molecule has 2 saturated heterocycles. The van der Waals surface area contributed by atoms with E-state index in [0.717, 1.165) is 30.9 Å². The molecule has 2 aliphatic rings. The van der Waals surface area contributed by atoms with Gasteiger partial charge in [0.2, 0.25) is 5.95 Å². The zero-order valence-electron chi connectivity index (χ0n) is 20.4. The third-order valence-electron chi connectivity index (χ3n) is 6.90. The van der Waals surface area contributed by atoms with E-state index in [1.807, 2.05) is 29.2 Å². The summed E-state index contributed by atoms with van der Waals surface area (Å²) in [6.07, 6.45) is -2.04. The molecule has 2 N–H and O–H groups in total. The van der Waals surface area contributed by atoms with Crippen molar-refractivity contribution >= 4 is 40.7 Å². The second-order valence-corrected chi connectivity index (χ2v) is 10.8. The molecule has 3 heterocycles. The Balaban J connectivity index is 1.52. The maximum atomic E-state index is 13.7. The number of nitrogens with one attached hydrogen (secondary N) is 2. The van der Waals surface area contributed by atoms with Crippen LogP contribution in [0.2, 0.25) is 5.02 Å². The van der Waals surface area contributed by atoms with Crippen LogP contribution in [0.1, 0.15) is 44.4 Å². The summed E-state index contributed by atoms with van der Waals surface area (Å²) in [5, 5.41) is 6.77. The van der Waals surface area contributed by atoms with Gasteiger partial charge in [-0.3, -0.25) is 0 Å². The Hall–Kier alpha value is -2.17.